The Hall–Kier alpha value is -2.02. The smallest absolute Gasteiger partial charge is 0.0464 e. The molecule has 0 unspecified atom stereocenters. The van der Waals surface area contributed by atoms with Crippen LogP contribution in [-0.2, 0) is 0 Å². The molecule has 2 rings (SSSR count). The topological polar surface area (TPSA) is 15.8 Å². The fourth-order valence-corrected chi connectivity index (χ4v) is 1.84. The van der Waals surface area contributed by atoms with E-state index in [0.29, 0.717) is 0 Å². The van der Waals surface area contributed by atoms with E-state index >= 15 is 0 Å². The largest absolute Gasteiger partial charge is 0.355 e. The Morgan fingerprint density at radius 2 is 1.94 bits per heavy atom. The summed E-state index contributed by atoms with van der Waals surface area (Å²) in [6, 6.07) is 8.29. The van der Waals surface area contributed by atoms with Gasteiger partial charge in [-0.05, 0) is 37.6 Å². The minimum Gasteiger partial charge on any atom is -0.355 e. The lowest BCUT2D eigenvalue weighted by Gasteiger charge is -2.00. The van der Waals surface area contributed by atoms with E-state index < -0.39 is 0 Å². The summed E-state index contributed by atoms with van der Waals surface area (Å²) in [4.78, 5) is 3.37. The molecule has 0 aliphatic rings. The van der Waals surface area contributed by atoms with Crippen LogP contribution in [0.2, 0.25) is 0 Å². The summed E-state index contributed by atoms with van der Waals surface area (Å²) in [7, 11) is 0. The van der Waals surface area contributed by atoms with Gasteiger partial charge in [-0.2, -0.15) is 0 Å². The van der Waals surface area contributed by atoms with Crippen molar-refractivity contribution in [2.45, 2.75) is 13.8 Å². The number of aromatic nitrogens is 1. The minimum absolute atomic E-state index is 1.06. The second-order valence-corrected chi connectivity index (χ2v) is 4.31. The van der Waals surface area contributed by atoms with E-state index in [2.05, 4.69) is 49.3 Å². The molecule has 1 aromatic carbocycles. The van der Waals surface area contributed by atoms with Crippen LogP contribution in [0.3, 0.4) is 0 Å². The van der Waals surface area contributed by atoms with Crippen molar-refractivity contribution in [1.82, 2.24) is 4.98 Å². The first-order valence-corrected chi connectivity index (χ1v) is 5.71. The number of nitrogens with one attached hydrogen (secondary N) is 1. The molecule has 0 atom stereocenters. The highest BCUT2D eigenvalue weighted by Crippen LogP contribution is 2.26. The van der Waals surface area contributed by atoms with E-state index in [1.807, 2.05) is 19.1 Å². The number of rotatable bonds is 3. The first-order valence-electron chi connectivity index (χ1n) is 5.71. The monoisotopic (exact) mass is 223 g/mol. The maximum atomic E-state index is 3.97. The molecule has 1 N–H and O–H groups in total. The highest BCUT2D eigenvalue weighted by atomic mass is 14.7. The van der Waals surface area contributed by atoms with Gasteiger partial charge in [-0.25, -0.2) is 0 Å². The standard InChI is InChI=1S/C16H17N/c1-5-15-14(10-12(4)11(2)3)13-8-6-7-9-16(13)17-15/h5-10,17H,1-2H2,3-4H3/b12-10+. The number of hydrogen-bond donors (Lipinski definition) is 1. The van der Waals surface area contributed by atoms with Crippen molar-refractivity contribution >= 4 is 23.1 Å². The molecule has 1 heterocycles. The van der Waals surface area contributed by atoms with E-state index in [1.54, 1.807) is 0 Å². The quantitative estimate of drug-likeness (QED) is 0.720. The Labute approximate surface area is 102 Å². The molecule has 0 aliphatic carbocycles. The van der Waals surface area contributed by atoms with Crippen LogP contribution < -0.4 is 0 Å². The third-order valence-electron chi connectivity index (χ3n) is 3.01. The predicted octanol–water partition coefficient (Wildman–Crippen LogP) is 4.79. The van der Waals surface area contributed by atoms with Crippen molar-refractivity contribution < 1.29 is 0 Å². The number of benzene rings is 1. The zero-order valence-corrected chi connectivity index (χ0v) is 10.4. The molecule has 0 saturated heterocycles. The number of hydrogen-bond acceptors (Lipinski definition) is 0. The Morgan fingerprint density at radius 1 is 1.24 bits per heavy atom. The second kappa shape index (κ2) is 4.46. The van der Waals surface area contributed by atoms with Crippen LogP contribution in [-0.4, -0.2) is 4.98 Å². The maximum absolute atomic E-state index is 3.97. The number of aromatic amines is 1. The predicted molar refractivity (Wildman–Crippen MR) is 76.9 cm³/mol. The SMILES string of the molecule is C=Cc1[nH]c2ccccc2c1/C=C(\C)C(=C)C. The molecule has 0 spiro atoms. The van der Waals surface area contributed by atoms with Crippen LogP contribution in [0.25, 0.3) is 23.1 Å². The summed E-state index contributed by atoms with van der Waals surface area (Å²) in [6.07, 6.45) is 4.02. The Morgan fingerprint density at radius 3 is 2.59 bits per heavy atom. The average Bonchev–Trinajstić information content (AvgIpc) is 2.67. The molecule has 0 aliphatic heterocycles. The summed E-state index contributed by atoms with van der Waals surface area (Å²) in [5, 5.41) is 1.23. The van der Waals surface area contributed by atoms with Gasteiger partial charge in [0.1, 0.15) is 0 Å². The number of fused-ring (bicyclic) bond motifs is 1. The number of allylic oxidation sites excluding steroid dienone is 2. The maximum Gasteiger partial charge on any atom is 0.0464 e. The van der Waals surface area contributed by atoms with Gasteiger partial charge in [-0.1, -0.05) is 36.9 Å². The van der Waals surface area contributed by atoms with Crippen LogP contribution in [0.1, 0.15) is 25.1 Å². The van der Waals surface area contributed by atoms with Gasteiger partial charge < -0.3 is 4.98 Å². The summed E-state index contributed by atoms with van der Waals surface area (Å²) < 4.78 is 0. The fourth-order valence-electron chi connectivity index (χ4n) is 1.84. The zero-order valence-electron chi connectivity index (χ0n) is 10.4. The van der Waals surface area contributed by atoms with E-state index in [9.17, 15) is 0 Å². The van der Waals surface area contributed by atoms with Crippen molar-refractivity contribution in [2.24, 2.45) is 0 Å². The lowest BCUT2D eigenvalue weighted by atomic mass is 10.0. The molecule has 0 bridgehead atoms. The molecule has 2 aromatic rings. The lowest BCUT2D eigenvalue weighted by molar-refractivity contribution is 1.38. The van der Waals surface area contributed by atoms with Gasteiger partial charge in [-0.15, -0.1) is 0 Å². The van der Waals surface area contributed by atoms with Gasteiger partial charge in [0.05, 0.1) is 0 Å². The van der Waals surface area contributed by atoms with Crippen LogP contribution in [0.15, 0.2) is 48.6 Å². The van der Waals surface area contributed by atoms with Gasteiger partial charge in [-0.3, -0.25) is 0 Å². The van der Waals surface area contributed by atoms with E-state index in [4.69, 9.17) is 0 Å². The molecule has 1 nitrogen and oxygen atoms in total. The van der Waals surface area contributed by atoms with Crippen LogP contribution in [0.4, 0.5) is 0 Å². The van der Waals surface area contributed by atoms with E-state index in [0.717, 1.165) is 16.8 Å². The van der Waals surface area contributed by atoms with Crippen molar-refractivity contribution in [3.63, 3.8) is 0 Å². The fraction of sp³-hybridized carbons (Fsp3) is 0.125. The van der Waals surface area contributed by atoms with Crippen molar-refractivity contribution in [2.75, 3.05) is 0 Å². The highest BCUT2D eigenvalue weighted by molar-refractivity contribution is 5.93. The summed E-state index contributed by atoms with van der Waals surface area (Å²) in [5.74, 6) is 0. The van der Waals surface area contributed by atoms with Gasteiger partial charge >= 0.3 is 0 Å². The normalized spacial score (nSPS) is 11.8. The molecule has 86 valence electrons. The van der Waals surface area contributed by atoms with Crippen LogP contribution >= 0.6 is 0 Å². The highest BCUT2D eigenvalue weighted by Gasteiger charge is 2.06. The van der Waals surface area contributed by atoms with E-state index in [-0.39, 0.29) is 0 Å². The number of H-pyrrole nitrogens is 1. The van der Waals surface area contributed by atoms with Gasteiger partial charge in [0.15, 0.2) is 0 Å². The first kappa shape index (κ1) is 11.5. The van der Waals surface area contributed by atoms with Gasteiger partial charge in [0.2, 0.25) is 0 Å². The molecule has 1 aromatic heterocycles. The molecule has 0 radical (unpaired) electrons. The van der Waals surface area contributed by atoms with Crippen molar-refractivity contribution in [1.29, 1.82) is 0 Å². The third kappa shape index (κ3) is 2.09. The molecule has 1 heteroatoms. The molecule has 17 heavy (non-hydrogen) atoms. The van der Waals surface area contributed by atoms with Crippen LogP contribution in [0, 0.1) is 0 Å². The molecular weight excluding hydrogens is 206 g/mol. The molecular formula is C16H17N. The van der Waals surface area contributed by atoms with Crippen molar-refractivity contribution in [3.05, 3.63) is 59.8 Å². The van der Waals surface area contributed by atoms with Crippen LogP contribution in [0.5, 0.6) is 0 Å². The average molecular weight is 223 g/mol. The summed E-state index contributed by atoms with van der Waals surface area (Å²) in [5.41, 5.74) is 5.68. The zero-order chi connectivity index (χ0) is 12.4. The second-order valence-electron chi connectivity index (χ2n) is 4.31. The molecule has 0 fully saturated rings. The van der Waals surface area contributed by atoms with Gasteiger partial charge in [0, 0.05) is 22.2 Å². The van der Waals surface area contributed by atoms with Gasteiger partial charge in [0.25, 0.3) is 0 Å². The lowest BCUT2D eigenvalue weighted by Crippen LogP contribution is -1.80. The minimum atomic E-state index is 1.06. The number of para-hydroxylation sites is 1. The first-order chi connectivity index (χ1) is 8.13. The van der Waals surface area contributed by atoms with Crippen molar-refractivity contribution in [3.8, 4) is 0 Å². The Balaban J connectivity index is 2.70. The Bertz CT molecular complexity index is 611. The Kier molecular flexibility index (Phi) is 3.01. The summed E-state index contributed by atoms with van der Waals surface area (Å²) >= 11 is 0. The third-order valence-corrected chi connectivity index (χ3v) is 3.01. The molecule has 0 saturated carbocycles. The van der Waals surface area contributed by atoms with E-state index in [1.165, 1.54) is 16.5 Å². The molecule has 0 amide bonds. The summed E-state index contributed by atoms with van der Waals surface area (Å²) in [6.45, 7) is 11.9.